The van der Waals surface area contributed by atoms with Crippen LogP contribution in [0.1, 0.15) is 12.6 Å². The van der Waals surface area contributed by atoms with Crippen LogP contribution in [0.15, 0.2) is 60.1 Å². The molecule has 2 aliphatic heterocycles. The second-order valence-corrected chi connectivity index (χ2v) is 8.15. The number of aliphatic hydroxyl groups excluding tert-OH is 1. The maximum atomic E-state index is 12.8. The molecule has 4 N–H and O–H groups in total. The van der Waals surface area contributed by atoms with Gasteiger partial charge in [0.25, 0.3) is 0 Å². The van der Waals surface area contributed by atoms with Crippen molar-refractivity contribution in [1.29, 1.82) is 0 Å². The summed E-state index contributed by atoms with van der Waals surface area (Å²) in [4.78, 5) is 50.1. The predicted octanol–water partition coefficient (Wildman–Crippen LogP) is -0.379. The minimum absolute atomic E-state index is 0.0641. The lowest BCUT2D eigenvalue weighted by molar-refractivity contribution is -0.120. The molecule has 1 fully saturated rings. The molecule has 2 aromatic rings. The molecule has 1 aliphatic carbocycles. The number of amides is 1. The Morgan fingerprint density at radius 3 is 2.86 bits per heavy atom. The van der Waals surface area contributed by atoms with Crippen molar-refractivity contribution in [2.45, 2.75) is 31.0 Å². The number of Topliss-reactive ketones (excluding diaryl/α,β-unsaturated/α-hetero) is 1. The summed E-state index contributed by atoms with van der Waals surface area (Å²) < 4.78 is 18.5. The monoisotopic (exact) mass is 494 g/mol. The van der Waals surface area contributed by atoms with Gasteiger partial charge in [0.05, 0.1) is 31.3 Å². The smallest absolute Gasteiger partial charge is 0.248 e. The Balaban J connectivity index is 1.45. The summed E-state index contributed by atoms with van der Waals surface area (Å²) in [6.07, 6.45) is 5.90. The Morgan fingerprint density at radius 1 is 1.22 bits per heavy atom. The van der Waals surface area contributed by atoms with Crippen LogP contribution in [0.25, 0.3) is 11.2 Å². The second-order valence-electron chi connectivity index (χ2n) is 8.15. The van der Waals surface area contributed by atoms with Crippen molar-refractivity contribution in [2.24, 2.45) is 0 Å². The maximum Gasteiger partial charge on any atom is 0.248 e. The van der Waals surface area contributed by atoms with Crippen LogP contribution in [0.4, 0.5) is 5.82 Å². The van der Waals surface area contributed by atoms with Crippen LogP contribution in [0.5, 0.6) is 0 Å². The van der Waals surface area contributed by atoms with Gasteiger partial charge in [-0.15, -0.1) is 0 Å². The first-order valence-electron chi connectivity index (χ1n) is 11.0. The van der Waals surface area contributed by atoms with E-state index in [0.29, 0.717) is 11.2 Å². The molecule has 13 heteroatoms. The van der Waals surface area contributed by atoms with Gasteiger partial charge in [0, 0.05) is 12.2 Å². The zero-order chi connectivity index (χ0) is 25.4. The fourth-order valence-electron chi connectivity index (χ4n) is 4.28. The van der Waals surface area contributed by atoms with Gasteiger partial charge in [-0.25, -0.2) is 15.0 Å². The fourth-order valence-corrected chi connectivity index (χ4v) is 4.28. The molecule has 1 saturated heterocycles. The molecule has 2 bridgehead atoms. The van der Waals surface area contributed by atoms with Crippen molar-refractivity contribution in [1.82, 2.24) is 24.8 Å². The number of nitrogens with zero attached hydrogens (tertiary/aromatic N) is 4. The van der Waals surface area contributed by atoms with Gasteiger partial charge in [-0.2, -0.15) is 0 Å². The van der Waals surface area contributed by atoms with Crippen LogP contribution in [-0.4, -0.2) is 74.1 Å². The van der Waals surface area contributed by atoms with Crippen molar-refractivity contribution >= 4 is 34.5 Å². The third-order valence-corrected chi connectivity index (χ3v) is 5.98. The summed E-state index contributed by atoms with van der Waals surface area (Å²) in [6, 6.07) is 0. The number of nitrogen functional groups attached to an aromatic ring is 1. The zero-order valence-electron chi connectivity index (χ0n) is 19.0. The van der Waals surface area contributed by atoms with Gasteiger partial charge in [0.1, 0.15) is 30.2 Å². The number of hydrogen-bond donors (Lipinski definition) is 3. The number of anilines is 1. The predicted molar refractivity (Wildman–Crippen MR) is 123 cm³/mol. The molecule has 5 rings (SSSR count). The number of rotatable bonds is 2. The lowest BCUT2D eigenvalue weighted by Gasteiger charge is -2.20. The van der Waals surface area contributed by atoms with E-state index in [0.717, 1.165) is 12.2 Å². The topological polar surface area (TPSA) is 181 Å². The van der Waals surface area contributed by atoms with Crippen LogP contribution in [0.3, 0.4) is 0 Å². The van der Waals surface area contributed by atoms with E-state index in [2.05, 4.69) is 20.3 Å². The third-order valence-electron chi connectivity index (χ3n) is 5.98. The first-order chi connectivity index (χ1) is 17.4. The molecule has 0 saturated carbocycles. The Kier molecular flexibility index (Phi) is 6.18. The zero-order valence-corrected chi connectivity index (χ0v) is 19.0. The Labute approximate surface area is 203 Å². The van der Waals surface area contributed by atoms with Crippen molar-refractivity contribution in [3.05, 3.63) is 60.1 Å². The Hall–Kier alpha value is -4.20. The average molecular weight is 494 g/mol. The molecular formula is C23H22N6O7. The summed E-state index contributed by atoms with van der Waals surface area (Å²) in [6.45, 7) is 0.0641. The number of aliphatic hydroxyl groups is 1. The molecule has 36 heavy (non-hydrogen) atoms. The van der Waals surface area contributed by atoms with E-state index in [1.54, 1.807) is 12.2 Å². The van der Waals surface area contributed by atoms with Crippen molar-refractivity contribution in [3.63, 3.8) is 0 Å². The van der Waals surface area contributed by atoms with Crippen LogP contribution < -0.4 is 11.1 Å². The highest BCUT2D eigenvalue weighted by atomic mass is 16.6. The summed E-state index contributed by atoms with van der Waals surface area (Å²) in [5.41, 5.74) is 6.54. The number of carbonyl (C=O) groups excluding carboxylic acids is 3. The molecule has 186 valence electrons. The third kappa shape index (κ3) is 4.08. The van der Waals surface area contributed by atoms with E-state index in [1.165, 1.54) is 30.4 Å². The normalized spacial score (nSPS) is 28.8. The molecular weight excluding hydrogens is 472 g/mol. The molecule has 3 aliphatic rings. The van der Waals surface area contributed by atoms with E-state index < -0.39 is 42.0 Å². The number of methoxy groups -OCH3 is 1. The number of imidazole rings is 1. The quantitative estimate of drug-likeness (QED) is 0.366. The van der Waals surface area contributed by atoms with E-state index in [4.69, 9.17) is 19.9 Å². The van der Waals surface area contributed by atoms with Gasteiger partial charge in [-0.1, -0.05) is 12.2 Å². The first-order valence-corrected chi connectivity index (χ1v) is 11.0. The van der Waals surface area contributed by atoms with E-state index in [1.807, 2.05) is 0 Å². The summed E-state index contributed by atoms with van der Waals surface area (Å²) in [5, 5.41) is 13.5. The highest BCUT2D eigenvalue weighted by molar-refractivity contribution is 6.23. The first kappa shape index (κ1) is 23.5. The molecule has 1 amide bonds. The lowest BCUT2D eigenvalue weighted by atomic mass is 9.95. The number of carbonyl (C=O) groups is 3. The van der Waals surface area contributed by atoms with Crippen molar-refractivity contribution in [3.8, 4) is 0 Å². The molecule has 0 aromatic carbocycles. The standard InChI is InChI=1S/C23H22N6O7/c1-34-19-11-4-2-3-7-35-20-14(5-6-15(31)28-12(17(11)32)8-13(19)30)36-23(18(20)33)29-10-27-16-21(24)25-9-26-22(16)29/h2-3,5-6,8-10,14,18,20,23,33H,4,7H2,1H3,(H,28,31)(H2,24,25,26)/b3-2+,6-5+/t14-,18-,20-,23-/m1/s1. The van der Waals surface area contributed by atoms with Gasteiger partial charge in [0.15, 0.2) is 23.5 Å². The Bertz CT molecular complexity index is 1370. The average Bonchev–Trinajstić information content (AvgIpc) is 3.41. The molecule has 0 spiro atoms. The van der Waals surface area contributed by atoms with Crippen LogP contribution in [0.2, 0.25) is 0 Å². The second kappa shape index (κ2) is 9.45. The van der Waals surface area contributed by atoms with Gasteiger partial charge < -0.3 is 30.4 Å². The van der Waals surface area contributed by atoms with Crippen molar-refractivity contribution < 1.29 is 33.7 Å². The number of aromatic nitrogens is 4. The van der Waals surface area contributed by atoms with Gasteiger partial charge in [-0.05, 0) is 12.5 Å². The van der Waals surface area contributed by atoms with Crippen LogP contribution in [0, 0.1) is 0 Å². The van der Waals surface area contributed by atoms with E-state index in [-0.39, 0.29) is 35.9 Å². The Morgan fingerprint density at radius 2 is 2.06 bits per heavy atom. The van der Waals surface area contributed by atoms with Crippen LogP contribution in [-0.2, 0) is 28.6 Å². The molecule has 13 nitrogen and oxygen atoms in total. The largest absolute Gasteiger partial charge is 0.492 e. The minimum atomic E-state index is -1.15. The summed E-state index contributed by atoms with van der Waals surface area (Å²) in [7, 11) is 1.30. The number of allylic oxidation sites excluding steroid dienone is 3. The maximum absolute atomic E-state index is 12.8. The summed E-state index contributed by atoms with van der Waals surface area (Å²) in [5.74, 6) is -1.60. The minimum Gasteiger partial charge on any atom is -0.492 e. The highest BCUT2D eigenvalue weighted by Gasteiger charge is 2.45. The molecule has 0 unspecified atom stereocenters. The molecule has 4 atom stereocenters. The van der Waals surface area contributed by atoms with Gasteiger partial charge >= 0.3 is 0 Å². The number of hydrogen-bond acceptors (Lipinski definition) is 11. The fraction of sp³-hybridized carbons (Fsp3) is 0.304. The SMILES string of the molecule is COC1=C2C/C=C/CO[C@H]3[C@@H](O)[C@H](n4cnc5c(N)ncnc54)O[C@@H]3/C=C/C(=O)NC(=CC1=O)C2=O. The number of ether oxygens (including phenoxy) is 3. The van der Waals surface area contributed by atoms with Crippen molar-refractivity contribution in [2.75, 3.05) is 19.5 Å². The molecule has 0 radical (unpaired) electrons. The van der Waals surface area contributed by atoms with Gasteiger partial charge in [0.2, 0.25) is 17.5 Å². The molecule has 4 heterocycles. The highest BCUT2D eigenvalue weighted by Crippen LogP contribution is 2.34. The van der Waals surface area contributed by atoms with Gasteiger partial charge in [-0.3, -0.25) is 19.0 Å². The number of fused-ring (bicyclic) bond motifs is 4. The van der Waals surface area contributed by atoms with Crippen LogP contribution >= 0.6 is 0 Å². The number of nitrogens with one attached hydrogen (secondary N) is 1. The van der Waals surface area contributed by atoms with E-state index in [9.17, 15) is 19.5 Å². The number of ketones is 2. The lowest BCUT2D eigenvalue weighted by Crippen LogP contribution is -2.35. The van der Waals surface area contributed by atoms with E-state index >= 15 is 0 Å². The molecule has 2 aromatic heterocycles. The summed E-state index contributed by atoms with van der Waals surface area (Å²) >= 11 is 0. The number of nitrogens with two attached hydrogens (primary N) is 1.